The van der Waals surface area contributed by atoms with E-state index in [2.05, 4.69) is 17.0 Å². The van der Waals surface area contributed by atoms with Crippen molar-refractivity contribution < 1.29 is 9.53 Å². The van der Waals surface area contributed by atoms with Gasteiger partial charge in [-0.25, -0.2) is 9.78 Å². The Bertz CT molecular complexity index is 1300. The van der Waals surface area contributed by atoms with Crippen molar-refractivity contribution in [1.29, 1.82) is 5.26 Å². The fourth-order valence-corrected chi connectivity index (χ4v) is 3.97. The first-order valence-corrected chi connectivity index (χ1v) is 10.9. The van der Waals surface area contributed by atoms with Crippen LogP contribution in [0.4, 0.5) is 11.5 Å². The number of fused-ring (bicyclic) bond motifs is 1. The van der Waals surface area contributed by atoms with Gasteiger partial charge in [0.05, 0.1) is 12.2 Å². The molecule has 168 valence electrons. The third-order valence-corrected chi connectivity index (χ3v) is 5.67. The van der Waals surface area contributed by atoms with Crippen LogP contribution in [0.3, 0.4) is 0 Å². The van der Waals surface area contributed by atoms with Gasteiger partial charge in [0.25, 0.3) is 5.56 Å². The lowest BCUT2D eigenvalue weighted by Crippen LogP contribution is -2.47. The molecule has 0 amide bonds. The van der Waals surface area contributed by atoms with Gasteiger partial charge in [-0.15, -0.1) is 0 Å². The second-order valence-corrected chi connectivity index (χ2v) is 7.74. The first-order valence-electron chi connectivity index (χ1n) is 10.9. The van der Waals surface area contributed by atoms with Crippen molar-refractivity contribution in [2.75, 3.05) is 42.6 Å². The monoisotopic (exact) mass is 443 g/mol. The summed E-state index contributed by atoms with van der Waals surface area (Å²) in [5.41, 5.74) is 2.20. The SMILES string of the molecule is CCOC(=O)/C(C#N)=C/c1c(N2CCN(c3ccccc3)CC2)nc2c(C)cccn2c1=O. The van der Waals surface area contributed by atoms with E-state index >= 15 is 0 Å². The smallest absolute Gasteiger partial charge is 0.348 e. The van der Waals surface area contributed by atoms with E-state index in [9.17, 15) is 14.9 Å². The van der Waals surface area contributed by atoms with Crippen molar-refractivity contribution in [3.63, 3.8) is 0 Å². The summed E-state index contributed by atoms with van der Waals surface area (Å²) in [5, 5.41) is 9.53. The molecule has 1 aliphatic rings. The number of benzene rings is 1. The zero-order valence-corrected chi connectivity index (χ0v) is 18.7. The number of nitriles is 1. The quantitative estimate of drug-likeness (QED) is 0.340. The number of anilines is 2. The second-order valence-electron chi connectivity index (χ2n) is 7.74. The predicted octanol–water partition coefficient (Wildman–Crippen LogP) is 2.80. The van der Waals surface area contributed by atoms with Crippen LogP contribution in [0.5, 0.6) is 0 Å². The summed E-state index contributed by atoms with van der Waals surface area (Å²) < 4.78 is 6.43. The van der Waals surface area contributed by atoms with E-state index in [4.69, 9.17) is 9.72 Å². The van der Waals surface area contributed by atoms with Gasteiger partial charge in [0.15, 0.2) is 0 Å². The number of carbonyl (C=O) groups is 1. The Balaban J connectivity index is 1.78. The Kier molecular flexibility index (Phi) is 6.41. The molecular formula is C25H25N5O3. The summed E-state index contributed by atoms with van der Waals surface area (Å²) in [4.78, 5) is 34.8. The predicted molar refractivity (Wildman–Crippen MR) is 127 cm³/mol. The summed E-state index contributed by atoms with van der Waals surface area (Å²) in [7, 11) is 0. The fourth-order valence-electron chi connectivity index (χ4n) is 3.97. The van der Waals surface area contributed by atoms with Crippen LogP contribution in [-0.4, -0.2) is 48.1 Å². The molecule has 4 rings (SSSR count). The molecule has 0 spiro atoms. The maximum atomic E-state index is 13.4. The molecule has 3 aromatic rings. The van der Waals surface area contributed by atoms with Gasteiger partial charge in [0.1, 0.15) is 23.1 Å². The average molecular weight is 444 g/mol. The van der Waals surface area contributed by atoms with Crippen LogP contribution in [0.15, 0.2) is 59.0 Å². The van der Waals surface area contributed by atoms with E-state index in [1.165, 1.54) is 10.5 Å². The van der Waals surface area contributed by atoms with Gasteiger partial charge in [-0.2, -0.15) is 5.26 Å². The number of hydrogen-bond acceptors (Lipinski definition) is 7. The number of piperazine rings is 1. The maximum Gasteiger partial charge on any atom is 0.348 e. The first kappa shape index (κ1) is 22.1. The lowest BCUT2D eigenvalue weighted by molar-refractivity contribution is -0.137. The zero-order valence-electron chi connectivity index (χ0n) is 18.7. The zero-order chi connectivity index (χ0) is 23.4. The van der Waals surface area contributed by atoms with Crippen LogP contribution in [0, 0.1) is 18.3 Å². The molecule has 0 aliphatic carbocycles. The highest BCUT2D eigenvalue weighted by atomic mass is 16.5. The molecule has 1 fully saturated rings. The van der Waals surface area contributed by atoms with Gasteiger partial charge >= 0.3 is 5.97 Å². The average Bonchev–Trinajstić information content (AvgIpc) is 2.84. The Morgan fingerprint density at radius 1 is 1.12 bits per heavy atom. The molecular weight excluding hydrogens is 418 g/mol. The highest BCUT2D eigenvalue weighted by Crippen LogP contribution is 2.24. The second kappa shape index (κ2) is 9.57. The van der Waals surface area contributed by atoms with E-state index in [1.807, 2.05) is 42.2 Å². The van der Waals surface area contributed by atoms with Crippen LogP contribution in [-0.2, 0) is 9.53 Å². The number of rotatable bonds is 5. The number of aromatic nitrogens is 2. The van der Waals surface area contributed by atoms with Crippen molar-refractivity contribution in [2.45, 2.75) is 13.8 Å². The molecule has 1 saturated heterocycles. The van der Waals surface area contributed by atoms with E-state index < -0.39 is 5.97 Å². The molecule has 1 aromatic carbocycles. The molecule has 33 heavy (non-hydrogen) atoms. The van der Waals surface area contributed by atoms with Gasteiger partial charge < -0.3 is 14.5 Å². The van der Waals surface area contributed by atoms with Crippen LogP contribution in [0.1, 0.15) is 18.1 Å². The number of nitrogens with zero attached hydrogens (tertiary/aromatic N) is 5. The van der Waals surface area contributed by atoms with Crippen molar-refractivity contribution in [3.05, 3.63) is 75.7 Å². The number of ether oxygens (including phenoxy) is 1. The van der Waals surface area contributed by atoms with Gasteiger partial charge in [0.2, 0.25) is 0 Å². The molecule has 3 heterocycles. The molecule has 8 heteroatoms. The lowest BCUT2D eigenvalue weighted by Gasteiger charge is -2.37. The first-order chi connectivity index (χ1) is 16.0. The van der Waals surface area contributed by atoms with Crippen molar-refractivity contribution in [3.8, 4) is 6.07 Å². The van der Waals surface area contributed by atoms with Crippen molar-refractivity contribution >= 4 is 29.2 Å². The minimum absolute atomic E-state index is 0.139. The van der Waals surface area contributed by atoms with Crippen LogP contribution >= 0.6 is 0 Å². The van der Waals surface area contributed by atoms with Crippen molar-refractivity contribution in [1.82, 2.24) is 9.38 Å². The molecule has 2 aromatic heterocycles. The molecule has 0 radical (unpaired) electrons. The summed E-state index contributed by atoms with van der Waals surface area (Å²) in [5.74, 6) is -0.285. The Morgan fingerprint density at radius 3 is 2.48 bits per heavy atom. The van der Waals surface area contributed by atoms with Gasteiger partial charge in [0, 0.05) is 38.1 Å². The minimum atomic E-state index is -0.756. The number of aryl methyl sites for hydroxylation is 1. The minimum Gasteiger partial charge on any atom is -0.462 e. The standard InChI is InChI=1S/C25H25N5O3/c1-3-33-25(32)19(17-26)16-21-23(27-22-18(2)8-7-11-30(22)24(21)31)29-14-12-28(13-15-29)20-9-5-4-6-10-20/h4-11,16H,3,12-15H2,1-2H3/b19-16+. The number of para-hydroxylation sites is 1. The summed E-state index contributed by atoms with van der Waals surface area (Å²) in [6.45, 7) is 6.50. The van der Waals surface area contributed by atoms with E-state index in [0.29, 0.717) is 24.6 Å². The molecule has 1 aliphatic heterocycles. The normalized spacial score (nSPS) is 14.3. The van der Waals surface area contributed by atoms with Crippen LogP contribution in [0.2, 0.25) is 0 Å². The number of pyridine rings is 1. The van der Waals surface area contributed by atoms with Gasteiger partial charge in [-0.3, -0.25) is 9.20 Å². The molecule has 0 unspecified atom stereocenters. The van der Waals surface area contributed by atoms with E-state index in [-0.39, 0.29) is 23.3 Å². The molecule has 0 bridgehead atoms. The maximum absolute atomic E-state index is 13.4. The molecule has 0 N–H and O–H groups in total. The number of hydrogen-bond donors (Lipinski definition) is 0. The topological polar surface area (TPSA) is 90.9 Å². The lowest BCUT2D eigenvalue weighted by atomic mass is 10.1. The number of carbonyl (C=O) groups excluding carboxylic acids is 1. The largest absolute Gasteiger partial charge is 0.462 e. The third kappa shape index (κ3) is 4.44. The Morgan fingerprint density at radius 2 is 1.82 bits per heavy atom. The Labute approximate surface area is 192 Å². The molecule has 0 saturated carbocycles. The Hall–Kier alpha value is -4.12. The van der Waals surface area contributed by atoms with Crippen LogP contribution < -0.4 is 15.4 Å². The highest BCUT2D eigenvalue weighted by Gasteiger charge is 2.24. The molecule has 8 nitrogen and oxygen atoms in total. The summed E-state index contributed by atoms with van der Waals surface area (Å²) >= 11 is 0. The fraction of sp³-hybridized carbons (Fsp3) is 0.280. The van der Waals surface area contributed by atoms with Gasteiger partial charge in [-0.05, 0) is 43.7 Å². The highest BCUT2D eigenvalue weighted by molar-refractivity contribution is 5.98. The van der Waals surface area contributed by atoms with Gasteiger partial charge in [-0.1, -0.05) is 24.3 Å². The number of esters is 1. The van der Waals surface area contributed by atoms with Crippen LogP contribution in [0.25, 0.3) is 11.7 Å². The third-order valence-electron chi connectivity index (χ3n) is 5.67. The summed E-state index contributed by atoms with van der Waals surface area (Å²) in [6, 6.07) is 15.7. The van der Waals surface area contributed by atoms with Crippen molar-refractivity contribution in [2.24, 2.45) is 0 Å². The molecule has 0 atom stereocenters. The van der Waals surface area contributed by atoms with E-state index in [0.717, 1.165) is 24.3 Å². The summed E-state index contributed by atoms with van der Waals surface area (Å²) in [6.07, 6.45) is 2.95. The van der Waals surface area contributed by atoms with E-state index in [1.54, 1.807) is 19.2 Å².